The lowest BCUT2D eigenvalue weighted by Crippen LogP contribution is -2.44. The number of hydrogen-bond donors (Lipinski definition) is 0. The molecule has 1 saturated heterocycles. The molecule has 1 aliphatic heterocycles. The van der Waals surface area contributed by atoms with Crippen LogP contribution in [0.15, 0.2) is 24.4 Å². The lowest BCUT2D eigenvalue weighted by Gasteiger charge is -2.32. The van der Waals surface area contributed by atoms with Crippen molar-refractivity contribution in [3.63, 3.8) is 0 Å². The molecule has 5 nitrogen and oxygen atoms in total. The van der Waals surface area contributed by atoms with Crippen molar-refractivity contribution in [1.82, 2.24) is 20.1 Å². The summed E-state index contributed by atoms with van der Waals surface area (Å²) in [7, 11) is 2.10. The van der Waals surface area contributed by atoms with Gasteiger partial charge < -0.3 is 9.80 Å². The highest BCUT2D eigenvalue weighted by Crippen LogP contribution is 2.22. The van der Waals surface area contributed by atoms with Crippen LogP contribution in [0.25, 0.3) is 11.3 Å². The van der Waals surface area contributed by atoms with Crippen LogP contribution in [-0.2, 0) is 0 Å². The molecule has 0 amide bonds. The van der Waals surface area contributed by atoms with Crippen molar-refractivity contribution in [2.24, 2.45) is 0 Å². The molecule has 1 aliphatic rings. The van der Waals surface area contributed by atoms with Gasteiger partial charge in [-0.25, -0.2) is 9.37 Å². The Hall–Kier alpha value is -1.79. The Morgan fingerprint density at radius 2 is 1.90 bits per heavy atom. The topological polar surface area (TPSA) is 45.2 Å². The van der Waals surface area contributed by atoms with Crippen LogP contribution in [0, 0.1) is 5.82 Å². The second kappa shape index (κ2) is 5.91. The molecular formula is C14H15ClFN5. The predicted octanol–water partition coefficient (Wildman–Crippen LogP) is 2.08. The zero-order valence-electron chi connectivity index (χ0n) is 11.6. The first-order valence-corrected chi connectivity index (χ1v) is 7.10. The fourth-order valence-corrected chi connectivity index (χ4v) is 2.41. The number of aromatic nitrogens is 3. The Balaban J connectivity index is 1.80. The summed E-state index contributed by atoms with van der Waals surface area (Å²) in [5.41, 5.74) is 0.756. The molecule has 0 aromatic carbocycles. The number of hydrogen-bond acceptors (Lipinski definition) is 5. The first-order chi connectivity index (χ1) is 10.1. The van der Waals surface area contributed by atoms with Crippen molar-refractivity contribution >= 4 is 17.4 Å². The quantitative estimate of drug-likeness (QED) is 0.795. The molecular weight excluding hydrogens is 293 g/mol. The van der Waals surface area contributed by atoms with Crippen molar-refractivity contribution in [3.05, 3.63) is 35.4 Å². The van der Waals surface area contributed by atoms with E-state index in [0.717, 1.165) is 32.0 Å². The minimum absolute atomic E-state index is 0.123. The molecule has 3 heterocycles. The standard InChI is InChI=1S/C14H15ClFN5/c1-20-4-6-21(7-5-20)14-3-2-12(18-19-14)10-9-17-13(15)8-11(10)16/h2-3,8-9H,4-7H2,1H3. The fourth-order valence-electron chi connectivity index (χ4n) is 2.27. The van der Waals surface area contributed by atoms with Crippen molar-refractivity contribution in [2.45, 2.75) is 0 Å². The Kier molecular flexibility index (Phi) is 3.98. The van der Waals surface area contributed by atoms with E-state index >= 15 is 0 Å². The summed E-state index contributed by atoms with van der Waals surface area (Å²) in [6.45, 7) is 3.83. The van der Waals surface area contributed by atoms with Crippen LogP contribution in [-0.4, -0.2) is 53.3 Å². The Morgan fingerprint density at radius 3 is 2.52 bits per heavy atom. The maximum Gasteiger partial charge on any atom is 0.151 e. The van der Waals surface area contributed by atoms with E-state index in [-0.39, 0.29) is 5.15 Å². The maximum absolute atomic E-state index is 13.8. The molecule has 0 aliphatic carbocycles. The molecule has 0 unspecified atom stereocenters. The molecule has 0 spiro atoms. The lowest BCUT2D eigenvalue weighted by molar-refractivity contribution is 0.312. The summed E-state index contributed by atoms with van der Waals surface area (Å²) in [6, 6.07) is 4.79. The number of piperazine rings is 1. The Morgan fingerprint density at radius 1 is 1.14 bits per heavy atom. The summed E-state index contributed by atoms with van der Waals surface area (Å²) in [6.07, 6.45) is 1.37. The number of anilines is 1. The van der Waals surface area contributed by atoms with Crippen LogP contribution in [0.5, 0.6) is 0 Å². The van der Waals surface area contributed by atoms with Crippen molar-refractivity contribution < 1.29 is 4.39 Å². The highest BCUT2D eigenvalue weighted by atomic mass is 35.5. The Labute approximate surface area is 127 Å². The predicted molar refractivity (Wildman–Crippen MR) is 79.9 cm³/mol. The number of rotatable bonds is 2. The molecule has 0 N–H and O–H groups in total. The highest BCUT2D eigenvalue weighted by Gasteiger charge is 2.16. The van der Waals surface area contributed by atoms with Gasteiger partial charge in [-0.3, -0.25) is 0 Å². The normalized spacial score (nSPS) is 16.2. The van der Waals surface area contributed by atoms with Crippen molar-refractivity contribution in [3.8, 4) is 11.3 Å². The third-order valence-corrected chi connectivity index (χ3v) is 3.78. The van der Waals surface area contributed by atoms with Crippen LogP contribution in [0.1, 0.15) is 0 Å². The van der Waals surface area contributed by atoms with Gasteiger partial charge in [-0.2, -0.15) is 0 Å². The van der Waals surface area contributed by atoms with Gasteiger partial charge >= 0.3 is 0 Å². The molecule has 21 heavy (non-hydrogen) atoms. The van der Waals surface area contributed by atoms with E-state index in [9.17, 15) is 4.39 Å². The summed E-state index contributed by atoms with van der Waals surface area (Å²) < 4.78 is 13.8. The van der Waals surface area contributed by atoms with Gasteiger partial charge in [-0.1, -0.05) is 11.6 Å². The molecule has 2 aromatic heterocycles. The number of pyridine rings is 1. The first kappa shape index (κ1) is 14.2. The molecule has 1 fully saturated rings. The van der Waals surface area contributed by atoms with Crippen molar-refractivity contribution in [1.29, 1.82) is 0 Å². The van der Waals surface area contributed by atoms with Gasteiger partial charge in [0.2, 0.25) is 0 Å². The monoisotopic (exact) mass is 307 g/mol. The fraction of sp³-hybridized carbons (Fsp3) is 0.357. The average molecular weight is 308 g/mol. The largest absolute Gasteiger partial charge is 0.353 e. The van der Waals surface area contributed by atoms with Crippen molar-refractivity contribution in [2.75, 3.05) is 38.1 Å². The van der Waals surface area contributed by atoms with Crippen LogP contribution in [0.4, 0.5) is 10.2 Å². The van der Waals surface area contributed by atoms with Crippen LogP contribution < -0.4 is 4.90 Å². The van der Waals surface area contributed by atoms with Gasteiger partial charge in [-0.15, -0.1) is 10.2 Å². The summed E-state index contributed by atoms with van der Waals surface area (Å²) >= 11 is 5.65. The van der Waals surface area contributed by atoms with E-state index in [4.69, 9.17) is 11.6 Å². The molecule has 0 radical (unpaired) electrons. The van der Waals surface area contributed by atoms with E-state index in [1.807, 2.05) is 6.07 Å². The first-order valence-electron chi connectivity index (χ1n) is 6.72. The third kappa shape index (κ3) is 3.11. The molecule has 0 atom stereocenters. The number of halogens is 2. The second-order valence-electron chi connectivity index (χ2n) is 5.05. The molecule has 110 valence electrons. The van der Waals surface area contributed by atoms with E-state index in [0.29, 0.717) is 11.3 Å². The van der Waals surface area contributed by atoms with E-state index in [2.05, 4.69) is 32.0 Å². The minimum Gasteiger partial charge on any atom is -0.353 e. The SMILES string of the molecule is CN1CCN(c2ccc(-c3cnc(Cl)cc3F)nn2)CC1. The molecule has 0 saturated carbocycles. The van der Waals surface area contributed by atoms with Gasteiger partial charge in [-0.05, 0) is 19.2 Å². The maximum atomic E-state index is 13.8. The van der Waals surface area contributed by atoms with Gasteiger partial charge in [0.25, 0.3) is 0 Å². The average Bonchev–Trinajstić information content (AvgIpc) is 2.48. The molecule has 7 heteroatoms. The van der Waals surface area contributed by atoms with Crippen LogP contribution in [0.3, 0.4) is 0 Å². The van der Waals surface area contributed by atoms with E-state index < -0.39 is 5.82 Å². The third-order valence-electron chi connectivity index (χ3n) is 3.57. The zero-order chi connectivity index (χ0) is 14.8. The smallest absolute Gasteiger partial charge is 0.151 e. The summed E-state index contributed by atoms with van der Waals surface area (Å²) in [5.74, 6) is 0.367. The lowest BCUT2D eigenvalue weighted by atomic mass is 10.2. The minimum atomic E-state index is -0.448. The zero-order valence-corrected chi connectivity index (χ0v) is 12.4. The van der Waals surface area contributed by atoms with Crippen LogP contribution in [0.2, 0.25) is 5.15 Å². The Bertz CT molecular complexity index is 626. The number of nitrogens with zero attached hydrogens (tertiary/aromatic N) is 5. The summed E-state index contributed by atoms with van der Waals surface area (Å²) in [4.78, 5) is 8.32. The van der Waals surface area contributed by atoms with Gasteiger partial charge in [0.05, 0.1) is 11.3 Å². The van der Waals surface area contributed by atoms with Gasteiger partial charge in [0.1, 0.15) is 11.0 Å². The summed E-state index contributed by atoms with van der Waals surface area (Å²) in [5, 5.41) is 8.43. The molecule has 2 aromatic rings. The highest BCUT2D eigenvalue weighted by molar-refractivity contribution is 6.29. The van der Waals surface area contributed by atoms with E-state index in [1.54, 1.807) is 6.07 Å². The van der Waals surface area contributed by atoms with E-state index in [1.165, 1.54) is 12.3 Å². The van der Waals surface area contributed by atoms with Crippen LogP contribution >= 0.6 is 11.6 Å². The number of likely N-dealkylation sites (N-methyl/N-ethyl adjacent to an activating group) is 1. The van der Waals surface area contributed by atoms with Gasteiger partial charge in [0.15, 0.2) is 5.82 Å². The van der Waals surface area contributed by atoms with Gasteiger partial charge in [0, 0.05) is 38.4 Å². The molecule has 0 bridgehead atoms. The second-order valence-corrected chi connectivity index (χ2v) is 5.44. The molecule has 3 rings (SSSR count).